The van der Waals surface area contributed by atoms with Crippen LogP contribution in [-0.2, 0) is 18.9 Å². The van der Waals surface area contributed by atoms with Crippen molar-refractivity contribution in [3.05, 3.63) is 36.4 Å². The first-order valence-electron chi connectivity index (χ1n) is 11.1. The summed E-state index contributed by atoms with van der Waals surface area (Å²) in [7, 11) is -3.36. The summed E-state index contributed by atoms with van der Waals surface area (Å²) >= 11 is 1.14. The van der Waals surface area contributed by atoms with E-state index in [1.54, 1.807) is 37.3 Å². The Morgan fingerprint density at radius 1 is 1.03 bits per heavy atom. The molecule has 0 saturated carbocycles. The Hall–Kier alpha value is -1.80. The number of pyridine rings is 1. The first kappa shape index (κ1) is 25.8. The lowest BCUT2D eigenvalue weighted by atomic mass is 10.1. The van der Waals surface area contributed by atoms with Gasteiger partial charge >= 0.3 is 6.80 Å². The molecule has 1 heterocycles. The van der Waals surface area contributed by atoms with E-state index < -0.39 is 16.6 Å². The van der Waals surface area contributed by atoms with Crippen molar-refractivity contribution in [2.45, 2.75) is 51.3 Å². The molecule has 10 heteroatoms. The van der Waals surface area contributed by atoms with Crippen molar-refractivity contribution in [2.75, 3.05) is 18.1 Å². The first-order chi connectivity index (χ1) is 15.7. The molecule has 0 saturated heterocycles. The van der Waals surface area contributed by atoms with Crippen LogP contribution in [0.3, 0.4) is 0 Å². The SMILES string of the molecule is CCCCCSP(=O)(OCC)Oc1ccc2nc3cc(S(=O)(=O)CCC)ccc3cc2c1O. The molecule has 0 radical (unpaired) electrons. The van der Waals surface area contributed by atoms with Crippen LogP contribution in [0.15, 0.2) is 41.3 Å². The molecule has 0 bridgehead atoms. The van der Waals surface area contributed by atoms with E-state index in [9.17, 15) is 18.1 Å². The minimum atomic E-state index is -3.50. The zero-order valence-corrected chi connectivity index (χ0v) is 21.6. The van der Waals surface area contributed by atoms with Gasteiger partial charge < -0.3 is 9.63 Å². The maximum absolute atomic E-state index is 13.2. The van der Waals surface area contributed by atoms with Gasteiger partial charge in [0.15, 0.2) is 21.3 Å². The van der Waals surface area contributed by atoms with Crippen molar-refractivity contribution in [2.24, 2.45) is 0 Å². The first-order valence-corrected chi connectivity index (χ1v) is 15.9. The van der Waals surface area contributed by atoms with Gasteiger partial charge in [0.1, 0.15) is 0 Å². The smallest absolute Gasteiger partial charge is 0.440 e. The molecule has 0 aliphatic carbocycles. The maximum atomic E-state index is 13.2. The van der Waals surface area contributed by atoms with E-state index in [1.807, 2.05) is 6.92 Å². The van der Waals surface area contributed by atoms with Crippen LogP contribution in [0.25, 0.3) is 21.8 Å². The molecular formula is C23H30NO6PS2. The minimum absolute atomic E-state index is 0.0607. The Morgan fingerprint density at radius 2 is 1.82 bits per heavy atom. The fraction of sp³-hybridized carbons (Fsp3) is 0.435. The predicted octanol–water partition coefficient (Wildman–Crippen LogP) is 6.72. The normalized spacial score (nSPS) is 13.9. The van der Waals surface area contributed by atoms with Gasteiger partial charge in [-0.2, -0.15) is 0 Å². The molecule has 1 atom stereocenters. The third-order valence-electron chi connectivity index (χ3n) is 5.03. The van der Waals surface area contributed by atoms with Gasteiger partial charge in [0.2, 0.25) is 0 Å². The van der Waals surface area contributed by atoms with Crippen LogP contribution in [0, 0.1) is 0 Å². The summed E-state index contributed by atoms with van der Waals surface area (Å²) in [6.07, 6.45) is 3.52. The molecule has 1 unspecified atom stereocenters. The Balaban J connectivity index is 1.96. The monoisotopic (exact) mass is 511 g/mol. The molecule has 1 aromatic heterocycles. The number of aromatic nitrogens is 1. The number of aromatic hydroxyl groups is 1. The molecule has 0 aliphatic heterocycles. The number of sulfone groups is 1. The molecule has 1 N–H and O–H groups in total. The second-order valence-electron chi connectivity index (χ2n) is 7.64. The Kier molecular flexibility index (Phi) is 8.67. The quantitative estimate of drug-likeness (QED) is 0.162. The summed E-state index contributed by atoms with van der Waals surface area (Å²) in [5, 5.41) is 12.0. The Morgan fingerprint density at radius 3 is 2.52 bits per heavy atom. The fourth-order valence-corrected chi connectivity index (χ4v) is 8.17. The molecule has 3 rings (SSSR count). The van der Waals surface area contributed by atoms with Crippen molar-refractivity contribution >= 4 is 49.8 Å². The molecule has 180 valence electrons. The lowest BCUT2D eigenvalue weighted by Gasteiger charge is -2.19. The van der Waals surface area contributed by atoms with Crippen molar-refractivity contribution in [3.8, 4) is 11.5 Å². The van der Waals surface area contributed by atoms with Gasteiger partial charge in [-0.25, -0.2) is 18.0 Å². The standard InChI is InChI=1S/C23H30NO6PS2/c1-4-7-8-13-32-31(26,29-6-3)30-22-12-11-20-19(23(22)25)15-17-9-10-18(16-21(17)24-20)33(27,28)14-5-2/h9-12,15-16,25H,4-8,13-14H2,1-3H3. The highest BCUT2D eigenvalue weighted by Gasteiger charge is 2.28. The van der Waals surface area contributed by atoms with Gasteiger partial charge in [0, 0.05) is 16.5 Å². The van der Waals surface area contributed by atoms with Gasteiger partial charge in [-0.3, -0.25) is 4.52 Å². The van der Waals surface area contributed by atoms with Crippen LogP contribution >= 0.6 is 18.2 Å². The van der Waals surface area contributed by atoms with E-state index in [2.05, 4.69) is 11.9 Å². The number of benzene rings is 2. The van der Waals surface area contributed by atoms with Crippen LogP contribution in [-0.4, -0.2) is 36.6 Å². The third kappa shape index (κ3) is 6.21. The number of rotatable bonds is 12. The van der Waals surface area contributed by atoms with E-state index >= 15 is 0 Å². The second kappa shape index (κ2) is 11.1. The molecule has 7 nitrogen and oxygen atoms in total. The predicted molar refractivity (Wildman–Crippen MR) is 135 cm³/mol. The summed E-state index contributed by atoms with van der Waals surface area (Å²) in [5.41, 5.74) is 0.985. The van der Waals surface area contributed by atoms with Crippen LogP contribution in [0.1, 0.15) is 46.5 Å². The second-order valence-corrected chi connectivity index (χ2v) is 13.9. The van der Waals surface area contributed by atoms with E-state index in [-0.39, 0.29) is 28.8 Å². The van der Waals surface area contributed by atoms with E-state index in [4.69, 9.17) is 9.05 Å². The Labute approximate surface area is 199 Å². The fourth-order valence-electron chi connectivity index (χ4n) is 3.40. The van der Waals surface area contributed by atoms with Gasteiger partial charge in [-0.05, 0) is 61.5 Å². The zero-order valence-electron chi connectivity index (χ0n) is 19.1. The van der Waals surface area contributed by atoms with Gasteiger partial charge in [-0.15, -0.1) is 0 Å². The number of fused-ring (bicyclic) bond motifs is 2. The molecular weight excluding hydrogens is 481 g/mol. The molecule has 3 aromatic rings. The van der Waals surface area contributed by atoms with Crippen molar-refractivity contribution in [3.63, 3.8) is 0 Å². The maximum Gasteiger partial charge on any atom is 0.440 e. The summed E-state index contributed by atoms with van der Waals surface area (Å²) in [6, 6.07) is 9.65. The number of nitrogens with zero attached hydrogens (tertiary/aromatic N) is 1. The summed E-state index contributed by atoms with van der Waals surface area (Å²) in [6.45, 7) is 2.39. The number of phenolic OH excluding ortho intramolecular Hbond substituents is 1. The molecule has 0 fully saturated rings. The van der Waals surface area contributed by atoms with E-state index in [0.29, 0.717) is 34.0 Å². The van der Waals surface area contributed by atoms with Crippen molar-refractivity contribution in [1.29, 1.82) is 0 Å². The molecule has 0 aliphatic rings. The highest BCUT2D eigenvalue weighted by molar-refractivity contribution is 8.55. The van der Waals surface area contributed by atoms with Crippen LogP contribution in [0.2, 0.25) is 0 Å². The molecule has 2 aromatic carbocycles. The summed E-state index contributed by atoms with van der Waals surface area (Å²) in [4.78, 5) is 4.76. The van der Waals surface area contributed by atoms with Gasteiger partial charge in [0.25, 0.3) is 0 Å². The number of phenols is 1. The molecule has 0 spiro atoms. The van der Waals surface area contributed by atoms with Gasteiger partial charge in [0.05, 0.1) is 28.3 Å². The number of hydrogen-bond donors (Lipinski definition) is 1. The lowest BCUT2D eigenvalue weighted by molar-refractivity contribution is 0.292. The summed E-state index contributed by atoms with van der Waals surface area (Å²) < 4.78 is 49.1. The number of hydrogen-bond acceptors (Lipinski definition) is 8. The van der Waals surface area contributed by atoms with E-state index in [0.717, 1.165) is 30.6 Å². The highest BCUT2D eigenvalue weighted by Crippen LogP contribution is 2.61. The summed E-state index contributed by atoms with van der Waals surface area (Å²) in [5.74, 6) is 0.586. The third-order valence-corrected chi connectivity index (χ3v) is 10.8. The molecule has 33 heavy (non-hydrogen) atoms. The van der Waals surface area contributed by atoms with E-state index in [1.165, 1.54) is 6.07 Å². The van der Waals surface area contributed by atoms with Crippen LogP contribution < -0.4 is 4.52 Å². The minimum Gasteiger partial charge on any atom is -0.504 e. The van der Waals surface area contributed by atoms with Crippen molar-refractivity contribution in [1.82, 2.24) is 4.98 Å². The van der Waals surface area contributed by atoms with Gasteiger partial charge in [-0.1, -0.05) is 32.8 Å². The van der Waals surface area contributed by atoms with Crippen LogP contribution in [0.5, 0.6) is 11.5 Å². The highest BCUT2D eigenvalue weighted by atomic mass is 32.7. The Bertz CT molecular complexity index is 1280. The lowest BCUT2D eigenvalue weighted by Crippen LogP contribution is -2.05. The van der Waals surface area contributed by atoms with Crippen molar-refractivity contribution < 1.29 is 27.1 Å². The molecule has 0 amide bonds. The number of unbranched alkanes of at least 4 members (excludes halogenated alkanes) is 2. The topological polar surface area (TPSA) is 103 Å². The average molecular weight is 512 g/mol. The average Bonchev–Trinajstić information content (AvgIpc) is 2.77. The van der Waals surface area contributed by atoms with Crippen LogP contribution in [0.4, 0.5) is 0 Å². The zero-order chi connectivity index (χ0) is 24.1. The largest absolute Gasteiger partial charge is 0.504 e.